The Morgan fingerprint density at radius 2 is 1.89 bits per heavy atom. The summed E-state index contributed by atoms with van der Waals surface area (Å²) in [5.74, 6) is 0.259. The monoisotopic (exact) mass is 356 g/mol. The fraction of sp³-hybridized carbons (Fsp3) is 0.143. The van der Waals surface area contributed by atoms with E-state index in [1.165, 1.54) is 6.33 Å². The highest BCUT2D eigenvalue weighted by molar-refractivity contribution is 5.89. The Balaban J connectivity index is 1.58. The van der Waals surface area contributed by atoms with Crippen molar-refractivity contribution < 1.29 is 9.53 Å². The smallest absolute Gasteiger partial charge is 0.338 e. The lowest BCUT2D eigenvalue weighted by Gasteiger charge is -2.16. The maximum atomic E-state index is 12.4. The molecular formula is C21H16N4O2. The summed E-state index contributed by atoms with van der Waals surface area (Å²) in [5.41, 5.74) is 3.60. The molecule has 132 valence electrons. The van der Waals surface area contributed by atoms with Crippen LogP contribution in [0.4, 0.5) is 11.5 Å². The van der Waals surface area contributed by atoms with Gasteiger partial charge in [0.05, 0.1) is 28.5 Å². The standard InChI is InChI=1S/C21H16N4O2/c22-12-14-6-8-16(9-7-14)25-20-19-17(23-13-24-20)10-11-18(19)27-21(26)15-4-2-1-3-5-15/h1-9,13,18H,10-11H2,(H,23,24,25). The van der Waals surface area contributed by atoms with Gasteiger partial charge in [-0.25, -0.2) is 14.8 Å². The summed E-state index contributed by atoms with van der Waals surface area (Å²) >= 11 is 0. The Morgan fingerprint density at radius 3 is 2.63 bits per heavy atom. The van der Waals surface area contributed by atoms with E-state index in [9.17, 15) is 4.79 Å². The highest BCUT2D eigenvalue weighted by Gasteiger charge is 2.31. The van der Waals surface area contributed by atoms with Gasteiger partial charge in [-0.1, -0.05) is 18.2 Å². The molecule has 1 atom stereocenters. The molecular weight excluding hydrogens is 340 g/mol. The lowest BCUT2D eigenvalue weighted by atomic mass is 10.1. The van der Waals surface area contributed by atoms with Gasteiger partial charge in [-0.2, -0.15) is 5.26 Å². The van der Waals surface area contributed by atoms with E-state index in [0.29, 0.717) is 23.4 Å². The van der Waals surface area contributed by atoms with E-state index in [2.05, 4.69) is 21.4 Å². The average Bonchev–Trinajstić information content (AvgIpc) is 3.13. The van der Waals surface area contributed by atoms with E-state index < -0.39 is 6.10 Å². The van der Waals surface area contributed by atoms with E-state index >= 15 is 0 Å². The average molecular weight is 356 g/mol. The van der Waals surface area contributed by atoms with E-state index in [1.807, 2.05) is 18.2 Å². The summed E-state index contributed by atoms with van der Waals surface area (Å²) in [6, 6.07) is 18.1. The van der Waals surface area contributed by atoms with Gasteiger partial charge >= 0.3 is 5.97 Å². The second-order valence-electron chi connectivity index (χ2n) is 6.20. The van der Waals surface area contributed by atoms with Gasteiger partial charge in [0, 0.05) is 5.69 Å². The van der Waals surface area contributed by atoms with Crippen LogP contribution in [0.25, 0.3) is 0 Å². The van der Waals surface area contributed by atoms with E-state index in [-0.39, 0.29) is 5.97 Å². The Bertz CT molecular complexity index is 1010. The Hall–Kier alpha value is -3.72. The lowest BCUT2D eigenvalue weighted by molar-refractivity contribution is 0.0302. The molecule has 0 amide bonds. The van der Waals surface area contributed by atoms with E-state index in [1.54, 1.807) is 36.4 Å². The fourth-order valence-corrected chi connectivity index (χ4v) is 3.14. The van der Waals surface area contributed by atoms with Crippen LogP contribution >= 0.6 is 0 Å². The van der Waals surface area contributed by atoms with E-state index in [4.69, 9.17) is 10.00 Å². The Labute approximate surface area is 156 Å². The molecule has 0 spiro atoms. The number of hydrogen-bond acceptors (Lipinski definition) is 6. The number of aromatic nitrogens is 2. The third-order valence-electron chi connectivity index (χ3n) is 4.47. The normalized spacial score (nSPS) is 14.9. The number of nitrogens with zero attached hydrogens (tertiary/aromatic N) is 3. The molecule has 6 heteroatoms. The van der Waals surface area contributed by atoms with Crippen LogP contribution in [0.5, 0.6) is 0 Å². The molecule has 1 unspecified atom stereocenters. The number of benzene rings is 2. The number of hydrogen-bond donors (Lipinski definition) is 1. The van der Waals surface area contributed by atoms with E-state index in [0.717, 1.165) is 23.4 Å². The Kier molecular flexibility index (Phi) is 4.50. The molecule has 4 rings (SSSR count). The molecule has 1 heterocycles. The molecule has 1 aromatic heterocycles. The van der Waals surface area contributed by atoms with Crippen LogP contribution in [-0.2, 0) is 11.2 Å². The summed E-state index contributed by atoms with van der Waals surface area (Å²) in [7, 11) is 0. The Morgan fingerprint density at radius 1 is 1.11 bits per heavy atom. The lowest BCUT2D eigenvalue weighted by Crippen LogP contribution is -2.11. The molecule has 0 bridgehead atoms. The first kappa shape index (κ1) is 16.7. The second kappa shape index (κ2) is 7.26. The maximum Gasteiger partial charge on any atom is 0.338 e. The van der Waals surface area contributed by atoms with Crippen molar-refractivity contribution in [1.29, 1.82) is 5.26 Å². The number of nitriles is 1. The largest absolute Gasteiger partial charge is 0.454 e. The number of nitrogens with one attached hydrogen (secondary N) is 1. The SMILES string of the molecule is N#Cc1ccc(Nc2ncnc3c2C(OC(=O)c2ccccc2)CC3)cc1. The summed E-state index contributed by atoms with van der Waals surface area (Å²) in [6.07, 6.45) is 2.52. The van der Waals surface area contributed by atoms with Gasteiger partial charge in [-0.3, -0.25) is 0 Å². The van der Waals surface area contributed by atoms with Crippen LogP contribution < -0.4 is 5.32 Å². The molecule has 2 aromatic carbocycles. The first-order valence-electron chi connectivity index (χ1n) is 8.61. The number of carbonyl (C=O) groups is 1. The first-order chi connectivity index (χ1) is 13.2. The molecule has 0 saturated heterocycles. The minimum Gasteiger partial charge on any atom is -0.454 e. The minimum absolute atomic E-state index is 0.360. The summed E-state index contributed by atoms with van der Waals surface area (Å²) in [6.45, 7) is 0. The van der Waals surface area contributed by atoms with Crippen LogP contribution in [0.3, 0.4) is 0 Å². The summed E-state index contributed by atoms with van der Waals surface area (Å²) in [5, 5.41) is 12.2. The number of carbonyl (C=O) groups excluding carboxylic acids is 1. The van der Waals surface area contributed by atoms with Crippen LogP contribution in [0.1, 0.15) is 39.7 Å². The molecule has 1 aliphatic rings. The first-order valence-corrected chi connectivity index (χ1v) is 8.61. The van der Waals surface area contributed by atoms with Crippen molar-refractivity contribution >= 4 is 17.5 Å². The highest BCUT2D eigenvalue weighted by Crippen LogP contribution is 2.38. The zero-order valence-corrected chi connectivity index (χ0v) is 14.4. The summed E-state index contributed by atoms with van der Waals surface area (Å²) in [4.78, 5) is 21.1. The van der Waals surface area contributed by atoms with Gasteiger partial charge in [0.1, 0.15) is 18.2 Å². The van der Waals surface area contributed by atoms with Crippen LogP contribution in [0.15, 0.2) is 60.9 Å². The third kappa shape index (κ3) is 3.48. The maximum absolute atomic E-state index is 12.4. The molecule has 0 aliphatic heterocycles. The summed E-state index contributed by atoms with van der Waals surface area (Å²) < 4.78 is 5.74. The van der Waals surface area contributed by atoms with Gasteiger partial charge in [-0.15, -0.1) is 0 Å². The molecule has 1 N–H and O–H groups in total. The van der Waals surface area contributed by atoms with Crippen molar-refractivity contribution in [2.45, 2.75) is 18.9 Å². The number of fused-ring (bicyclic) bond motifs is 1. The van der Waals surface area contributed by atoms with Crippen molar-refractivity contribution in [2.24, 2.45) is 0 Å². The predicted octanol–water partition coefficient (Wildman–Crippen LogP) is 3.94. The zero-order valence-electron chi connectivity index (χ0n) is 14.4. The van der Waals surface area contributed by atoms with Crippen LogP contribution in [-0.4, -0.2) is 15.9 Å². The quantitative estimate of drug-likeness (QED) is 0.713. The minimum atomic E-state index is -0.394. The molecule has 0 fully saturated rings. The van der Waals surface area contributed by atoms with Crippen molar-refractivity contribution in [3.8, 4) is 6.07 Å². The number of anilines is 2. The van der Waals surface area contributed by atoms with Gasteiger partial charge in [0.15, 0.2) is 0 Å². The number of esters is 1. The van der Waals surface area contributed by atoms with Crippen molar-refractivity contribution in [3.63, 3.8) is 0 Å². The van der Waals surface area contributed by atoms with Gasteiger partial charge in [0.25, 0.3) is 0 Å². The number of aryl methyl sites for hydroxylation is 1. The molecule has 27 heavy (non-hydrogen) atoms. The molecule has 6 nitrogen and oxygen atoms in total. The molecule has 3 aromatic rings. The van der Waals surface area contributed by atoms with Crippen molar-refractivity contribution in [2.75, 3.05) is 5.32 Å². The van der Waals surface area contributed by atoms with Crippen molar-refractivity contribution in [1.82, 2.24) is 9.97 Å². The third-order valence-corrected chi connectivity index (χ3v) is 4.47. The zero-order chi connectivity index (χ0) is 18.6. The molecule has 1 aliphatic carbocycles. The predicted molar refractivity (Wildman–Crippen MR) is 99.4 cm³/mol. The van der Waals surface area contributed by atoms with Crippen molar-refractivity contribution in [3.05, 3.63) is 83.3 Å². The van der Waals surface area contributed by atoms with Crippen LogP contribution in [0.2, 0.25) is 0 Å². The van der Waals surface area contributed by atoms with Gasteiger partial charge in [-0.05, 0) is 49.2 Å². The topological polar surface area (TPSA) is 87.9 Å². The number of ether oxygens (including phenoxy) is 1. The highest BCUT2D eigenvalue weighted by atomic mass is 16.5. The van der Waals surface area contributed by atoms with Crippen LogP contribution in [0, 0.1) is 11.3 Å². The van der Waals surface area contributed by atoms with Gasteiger partial charge in [0.2, 0.25) is 0 Å². The fourth-order valence-electron chi connectivity index (χ4n) is 3.14. The second-order valence-corrected chi connectivity index (χ2v) is 6.20. The number of rotatable bonds is 4. The molecule has 0 saturated carbocycles. The van der Waals surface area contributed by atoms with Gasteiger partial charge < -0.3 is 10.1 Å². The molecule has 0 radical (unpaired) electrons.